The van der Waals surface area contributed by atoms with Gasteiger partial charge >= 0.3 is 0 Å². The quantitative estimate of drug-likeness (QED) is 0.846. The number of carbonyl (C=O) groups excluding carboxylic acids is 2. The number of hydrogen-bond acceptors (Lipinski definition) is 4. The molecule has 22 heavy (non-hydrogen) atoms. The maximum absolute atomic E-state index is 12.3. The summed E-state index contributed by atoms with van der Waals surface area (Å²) >= 11 is 1.72. The van der Waals surface area contributed by atoms with Gasteiger partial charge in [0.15, 0.2) is 0 Å². The average Bonchev–Trinajstić information content (AvgIpc) is 2.94. The minimum Gasteiger partial charge on any atom is -0.300 e. The van der Waals surface area contributed by atoms with Crippen molar-refractivity contribution < 1.29 is 9.59 Å². The van der Waals surface area contributed by atoms with Crippen LogP contribution in [0.3, 0.4) is 0 Å². The topological polar surface area (TPSA) is 47.0 Å². The molecule has 1 aromatic carbocycles. The lowest BCUT2D eigenvalue weighted by Gasteiger charge is -2.13. The fraction of sp³-hybridized carbons (Fsp3) is 0.500. The SMILES string of the molecule is O=C1CCCC(=O)C(CCc2nc3ccccc3s2)CCC1. The predicted molar refractivity (Wildman–Crippen MR) is 89.1 cm³/mol. The number of aryl methyl sites for hydroxylation is 1. The minimum absolute atomic E-state index is 0.109. The Labute approximate surface area is 134 Å². The number of Topliss-reactive ketones (excluding diaryl/α,β-unsaturated/α-hetero) is 2. The number of benzene rings is 1. The summed E-state index contributed by atoms with van der Waals surface area (Å²) in [7, 11) is 0. The van der Waals surface area contributed by atoms with E-state index in [4.69, 9.17) is 0 Å². The van der Waals surface area contributed by atoms with Gasteiger partial charge in [-0.3, -0.25) is 9.59 Å². The van der Waals surface area contributed by atoms with E-state index in [0.717, 1.165) is 42.6 Å². The molecule has 1 aliphatic carbocycles. The highest BCUT2D eigenvalue weighted by atomic mass is 32.1. The van der Waals surface area contributed by atoms with Crippen LogP contribution in [0.5, 0.6) is 0 Å². The molecular formula is C18H21NO2S. The Morgan fingerprint density at radius 1 is 1.09 bits per heavy atom. The fourth-order valence-electron chi connectivity index (χ4n) is 3.13. The predicted octanol–water partition coefficient (Wildman–Crippen LogP) is 4.34. The molecule has 2 aromatic rings. The van der Waals surface area contributed by atoms with Crippen molar-refractivity contribution in [3.05, 3.63) is 29.3 Å². The zero-order valence-electron chi connectivity index (χ0n) is 12.7. The van der Waals surface area contributed by atoms with E-state index in [2.05, 4.69) is 11.1 Å². The van der Waals surface area contributed by atoms with Gasteiger partial charge in [-0.05, 0) is 37.8 Å². The monoisotopic (exact) mass is 315 g/mol. The summed E-state index contributed by atoms with van der Waals surface area (Å²) in [6.07, 6.45) is 5.97. The number of fused-ring (bicyclic) bond motifs is 1. The molecule has 0 bridgehead atoms. The standard InChI is InChI=1S/C18H21NO2S/c20-14-6-3-5-13(16(21)9-4-7-14)11-12-18-19-15-8-1-2-10-17(15)22-18/h1-2,8,10,13H,3-7,9,11-12H2. The molecule has 4 heteroatoms. The number of thiazole rings is 1. The zero-order chi connectivity index (χ0) is 15.4. The molecule has 0 radical (unpaired) electrons. The van der Waals surface area contributed by atoms with Gasteiger partial charge < -0.3 is 0 Å². The first kappa shape index (κ1) is 15.3. The molecule has 1 fully saturated rings. The highest BCUT2D eigenvalue weighted by Gasteiger charge is 2.21. The Morgan fingerprint density at radius 3 is 2.77 bits per heavy atom. The summed E-state index contributed by atoms with van der Waals surface area (Å²) in [4.78, 5) is 28.5. The van der Waals surface area contributed by atoms with E-state index in [1.165, 1.54) is 4.70 Å². The van der Waals surface area contributed by atoms with Gasteiger partial charge in [-0.1, -0.05) is 12.1 Å². The van der Waals surface area contributed by atoms with Gasteiger partial charge in [-0.15, -0.1) is 11.3 Å². The van der Waals surface area contributed by atoms with Crippen LogP contribution in [-0.2, 0) is 16.0 Å². The summed E-state index contributed by atoms with van der Waals surface area (Å²) in [5, 5.41) is 1.12. The van der Waals surface area contributed by atoms with E-state index < -0.39 is 0 Å². The molecule has 1 atom stereocenters. The van der Waals surface area contributed by atoms with Crippen molar-refractivity contribution in [1.82, 2.24) is 4.98 Å². The second-order valence-corrected chi connectivity index (χ2v) is 7.18. The third kappa shape index (κ3) is 3.80. The van der Waals surface area contributed by atoms with Gasteiger partial charge in [0.05, 0.1) is 15.2 Å². The normalized spacial score (nSPS) is 20.6. The third-order valence-corrected chi connectivity index (χ3v) is 5.48. The highest BCUT2D eigenvalue weighted by molar-refractivity contribution is 7.18. The van der Waals surface area contributed by atoms with Crippen molar-refractivity contribution in [2.45, 2.75) is 51.4 Å². The molecule has 1 saturated carbocycles. The second kappa shape index (κ2) is 7.14. The number of para-hydroxylation sites is 1. The number of nitrogens with zero attached hydrogens (tertiary/aromatic N) is 1. The number of hydrogen-bond donors (Lipinski definition) is 0. The molecule has 0 aliphatic heterocycles. The molecule has 1 heterocycles. The first-order valence-electron chi connectivity index (χ1n) is 8.11. The van der Waals surface area contributed by atoms with Crippen LogP contribution in [0.15, 0.2) is 24.3 Å². The molecule has 0 N–H and O–H groups in total. The Hall–Kier alpha value is -1.55. The van der Waals surface area contributed by atoms with Crippen molar-refractivity contribution in [2.75, 3.05) is 0 Å². The van der Waals surface area contributed by atoms with Gasteiger partial charge in [0.25, 0.3) is 0 Å². The van der Waals surface area contributed by atoms with Crippen LogP contribution >= 0.6 is 11.3 Å². The number of ketones is 2. The molecule has 1 aliphatic rings. The van der Waals surface area contributed by atoms with Gasteiger partial charge in [0.2, 0.25) is 0 Å². The number of carbonyl (C=O) groups is 2. The maximum Gasteiger partial charge on any atom is 0.136 e. The summed E-state index contributed by atoms with van der Waals surface area (Å²) in [5.41, 5.74) is 1.05. The molecule has 1 aromatic heterocycles. The molecule has 3 nitrogen and oxygen atoms in total. The van der Waals surface area contributed by atoms with E-state index in [1.807, 2.05) is 18.2 Å². The minimum atomic E-state index is 0.109. The highest BCUT2D eigenvalue weighted by Crippen LogP contribution is 2.26. The Balaban J connectivity index is 1.63. The van der Waals surface area contributed by atoms with E-state index in [0.29, 0.717) is 30.8 Å². The molecular weight excluding hydrogens is 294 g/mol. The van der Waals surface area contributed by atoms with Gasteiger partial charge in [-0.25, -0.2) is 4.98 Å². The van der Waals surface area contributed by atoms with Crippen molar-refractivity contribution in [1.29, 1.82) is 0 Å². The summed E-state index contributed by atoms with van der Waals surface area (Å²) in [6, 6.07) is 8.16. The van der Waals surface area contributed by atoms with Crippen LogP contribution in [0.2, 0.25) is 0 Å². The first-order chi connectivity index (χ1) is 10.7. The zero-order valence-corrected chi connectivity index (χ0v) is 13.5. The Kier molecular flexibility index (Phi) is 4.98. The van der Waals surface area contributed by atoms with Gasteiger partial charge in [0, 0.05) is 31.6 Å². The van der Waals surface area contributed by atoms with E-state index >= 15 is 0 Å². The largest absolute Gasteiger partial charge is 0.300 e. The van der Waals surface area contributed by atoms with Gasteiger partial charge in [-0.2, -0.15) is 0 Å². The van der Waals surface area contributed by atoms with Crippen LogP contribution in [0.1, 0.15) is 50.0 Å². The average molecular weight is 315 g/mol. The van der Waals surface area contributed by atoms with Crippen molar-refractivity contribution >= 4 is 33.1 Å². The fourth-order valence-corrected chi connectivity index (χ4v) is 4.11. The number of aromatic nitrogens is 1. The lowest BCUT2D eigenvalue weighted by Crippen LogP contribution is -2.15. The van der Waals surface area contributed by atoms with Crippen LogP contribution < -0.4 is 0 Å². The van der Waals surface area contributed by atoms with Crippen LogP contribution in [0, 0.1) is 5.92 Å². The number of rotatable bonds is 3. The summed E-state index contributed by atoms with van der Waals surface area (Å²) in [5.74, 6) is 0.772. The smallest absolute Gasteiger partial charge is 0.136 e. The van der Waals surface area contributed by atoms with Crippen LogP contribution in [-0.4, -0.2) is 16.6 Å². The van der Waals surface area contributed by atoms with E-state index in [9.17, 15) is 9.59 Å². The van der Waals surface area contributed by atoms with E-state index in [-0.39, 0.29) is 5.92 Å². The van der Waals surface area contributed by atoms with Crippen molar-refractivity contribution in [3.63, 3.8) is 0 Å². The third-order valence-electron chi connectivity index (χ3n) is 4.39. The molecule has 1 unspecified atom stereocenters. The van der Waals surface area contributed by atoms with Crippen LogP contribution in [0.4, 0.5) is 0 Å². The maximum atomic E-state index is 12.3. The van der Waals surface area contributed by atoms with E-state index in [1.54, 1.807) is 11.3 Å². The summed E-state index contributed by atoms with van der Waals surface area (Å²) in [6.45, 7) is 0. The van der Waals surface area contributed by atoms with Crippen LogP contribution in [0.25, 0.3) is 10.2 Å². The molecule has 0 spiro atoms. The summed E-state index contributed by atoms with van der Waals surface area (Å²) < 4.78 is 1.21. The molecule has 3 rings (SSSR count). The lowest BCUT2D eigenvalue weighted by atomic mass is 9.91. The van der Waals surface area contributed by atoms with Gasteiger partial charge in [0.1, 0.15) is 11.6 Å². The lowest BCUT2D eigenvalue weighted by molar-refractivity contribution is -0.123. The van der Waals surface area contributed by atoms with Crippen molar-refractivity contribution in [2.24, 2.45) is 5.92 Å². The Morgan fingerprint density at radius 2 is 1.91 bits per heavy atom. The molecule has 116 valence electrons. The molecule has 0 saturated heterocycles. The first-order valence-corrected chi connectivity index (χ1v) is 8.93. The van der Waals surface area contributed by atoms with Crippen molar-refractivity contribution in [3.8, 4) is 0 Å². The molecule has 0 amide bonds. The Bertz CT molecular complexity index is 644. The second-order valence-electron chi connectivity index (χ2n) is 6.06.